The van der Waals surface area contributed by atoms with E-state index in [9.17, 15) is 14.4 Å². The number of hydrogen-bond donors (Lipinski definition) is 1. The number of fused-ring (bicyclic) bond motifs is 3. The Bertz CT molecular complexity index is 1440. The molecule has 0 bridgehead atoms. The van der Waals surface area contributed by atoms with Crippen LogP contribution in [0.15, 0.2) is 47.3 Å². The normalized spacial score (nSPS) is 22.8. The van der Waals surface area contributed by atoms with Gasteiger partial charge in [-0.1, -0.05) is 0 Å². The predicted molar refractivity (Wildman–Crippen MR) is 135 cm³/mol. The molecule has 2 aromatic heterocycles. The molecule has 192 valence electrons. The highest BCUT2D eigenvalue weighted by Gasteiger charge is 2.46. The minimum atomic E-state index is -0.414. The summed E-state index contributed by atoms with van der Waals surface area (Å²) in [6, 6.07) is 12.7. The summed E-state index contributed by atoms with van der Waals surface area (Å²) in [6.07, 6.45) is 1.84. The molecule has 1 aliphatic carbocycles. The lowest BCUT2D eigenvalue weighted by Crippen LogP contribution is -2.46. The molecule has 0 radical (unpaired) electrons. The molecular formula is C27H28N4O6. The van der Waals surface area contributed by atoms with Gasteiger partial charge in [-0.3, -0.25) is 14.5 Å². The fourth-order valence-electron chi connectivity index (χ4n) is 5.58. The summed E-state index contributed by atoms with van der Waals surface area (Å²) >= 11 is 0. The molecule has 4 heterocycles. The van der Waals surface area contributed by atoms with Crippen molar-refractivity contribution in [2.75, 3.05) is 25.2 Å². The van der Waals surface area contributed by atoms with Crippen molar-refractivity contribution in [3.63, 3.8) is 0 Å². The van der Waals surface area contributed by atoms with Gasteiger partial charge in [-0.25, -0.2) is 9.78 Å². The van der Waals surface area contributed by atoms with Crippen molar-refractivity contribution >= 4 is 28.6 Å². The third-order valence-corrected chi connectivity index (χ3v) is 7.42. The highest BCUT2D eigenvalue weighted by Crippen LogP contribution is 2.36. The summed E-state index contributed by atoms with van der Waals surface area (Å²) < 4.78 is 18.3. The number of pyridine rings is 2. The quantitative estimate of drug-likeness (QED) is 0.545. The van der Waals surface area contributed by atoms with E-state index in [1.54, 1.807) is 34.8 Å². The molecule has 3 aliphatic rings. The Kier molecular flexibility index (Phi) is 6.03. The summed E-state index contributed by atoms with van der Waals surface area (Å²) in [5, 5.41) is 4.53. The number of carbonyl (C=O) groups excluding carboxylic acids is 2. The maximum atomic E-state index is 12.8. The fraction of sp³-hybridized carbons (Fsp3) is 0.407. The van der Waals surface area contributed by atoms with Crippen LogP contribution in [0.4, 0.5) is 10.6 Å². The van der Waals surface area contributed by atoms with Crippen LogP contribution in [0.25, 0.3) is 10.9 Å². The van der Waals surface area contributed by atoms with E-state index in [1.165, 1.54) is 0 Å². The summed E-state index contributed by atoms with van der Waals surface area (Å²) in [4.78, 5) is 43.3. The van der Waals surface area contributed by atoms with E-state index < -0.39 is 6.09 Å². The summed E-state index contributed by atoms with van der Waals surface area (Å²) in [5.74, 6) is 1.75. The minimum absolute atomic E-state index is 0.0319. The average Bonchev–Trinajstić information content (AvgIpc) is 3.24. The van der Waals surface area contributed by atoms with Gasteiger partial charge in [0.2, 0.25) is 0 Å². The van der Waals surface area contributed by atoms with E-state index in [-0.39, 0.29) is 42.6 Å². The fourth-order valence-corrected chi connectivity index (χ4v) is 5.58. The SMILES string of the molecule is COc1ccc2ccc(=O)n(CCN[C@H]3CC[C@H]4[C@H](C3)OC(=O)N4c3ccc4c(n3)CC(=O)CO4)c2c1. The standard InChI is InChI=1S/C27H28N4O6/c1-35-19-5-2-16-3-9-26(33)30(22(16)14-19)11-10-28-17-4-6-21-24(12-17)37-27(34)31(21)25-8-7-23-20(29-25)13-18(32)15-36-23/h2-3,5,7-9,14,17,21,24,28H,4,6,10-13,15H2,1H3/t17-,21-,24-/m0/s1. The van der Waals surface area contributed by atoms with Gasteiger partial charge in [0, 0.05) is 37.7 Å². The van der Waals surface area contributed by atoms with E-state index in [1.807, 2.05) is 24.3 Å². The van der Waals surface area contributed by atoms with Crippen molar-refractivity contribution < 1.29 is 23.8 Å². The zero-order chi connectivity index (χ0) is 25.5. The van der Waals surface area contributed by atoms with Gasteiger partial charge in [0.25, 0.3) is 5.56 Å². The smallest absolute Gasteiger partial charge is 0.416 e. The summed E-state index contributed by atoms with van der Waals surface area (Å²) in [7, 11) is 1.61. The van der Waals surface area contributed by atoms with Crippen molar-refractivity contribution in [2.24, 2.45) is 0 Å². The van der Waals surface area contributed by atoms with Crippen molar-refractivity contribution in [2.45, 2.75) is 50.4 Å². The number of nitrogens with zero attached hydrogens (tertiary/aromatic N) is 3. The molecule has 0 unspecified atom stereocenters. The molecule has 1 aromatic carbocycles. The van der Waals surface area contributed by atoms with Gasteiger partial charge in [0.1, 0.15) is 30.0 Å². The number of carbonyl (C=O) groups is 2. The highest BCUT2D eigenvalue weighted by atomic mass is 16.6. The maximum absolute atomic E-state index is 12.8. The summed E-state index contributed by atoms with van der Waals surface area (Å²) in [5.41, 5.74) is 1.33. The molecule has 1 saturated carbocycles. The number of anilines is 1. The van der Waals surface area contributed by atoms with Crippen LogP contribution >= 0.6 is 0 Å². The van der Waals surface area contributed by atoms with Crippen LogP contribution in [-0.4, -0.2) is 59.9 Å². The number of Topliss-reactive ketones (excluding diaryl/α,β-unsaturated/α-hetero) is 1. The van der Waals surface area contributed by atoms with E-state index in [4.69, 9.17) is 14.2 Å². The van der Waals surface area contributed by atoms with Crippen LogP contribution in [0.3, 0.4) is 0 Å². The van der Waals surface area contributed by atoms with Crippen LogP contribution in [0.5, 0.6) is 11.5 Å². The second-order valence-corrected chi connectivity index (χ2v) is 9.69. The van der Waals surface area contributed by atoms with Gasteiger partial charge >= 0.3 is 6.09 Å². The molecule has 10 heteroatoms. The molecule has 3 atom stereocenters. The number of rotatable bonds is 6. The molecule has 2 aliphatic heterocycles. The van der Waals surface area contributed by atoms with Crippen LogP contribution in [-0.2, 0) is 22.5 Å². The Morgan fingerprint density at radius 1 is 1.11 bits per heavy atom. The lowest BCUT2D eigenvalue weighted by molar-refractivity contribution is -0.121. The first kappa shape index (κ1) is 23.5. The van der Waals surface area contributed by atoms with E-state index in [2.05, 4.69) is 10.3 Å². The van der Waals surface area contributed by atoms with Gasteiger partial charge < -0.3 is 24.1 Å². The third kappa shape index (κ3) is 4.42. The van der Waals surface area contributed by atoms with Gasteiger partial charge in [0.15, 0.2) is 5.78 Å². The first-order valence-electron chi connectivity index (χ1n) is 12.6. The second kappa shape index (κ2) is 9.51. The molecule has 2 fully saturated rings. The topological polar surface area (TPSA) is 112 Å². The highest BCUT2D eigenvalue weighted by molar-refractivity contribution is 5.90. The number of amides is 1. The molecule has 0 spiro atoms. The number of nitrogens with one attached hydrogen (secondary N) is 1. The average molecular weight is 505 g/mol. The Balaban J connectivity index is 1.11. The van der Waals surface area contributed by atoms with Crippen molar-refractivity contribution in [3.05, 3.63) is 58.5 Å². The Hall–Kier alpha value is -3.92. The number of aromatic nitrogens is 2. The Labute approximate surface area is 213 Å². The zero-order valence-corrected chi connectivity index (χ0v) is 20.5. The van der Waals surface area contributed by atoms with Crippen molar-refractivity contribution in [3.8, 4) is 11.5 Å². The largest absolute Gasteiger partial charge is 0.497 e. The van der Waals surface area contributed by atoms with Gasteiger partial charge in [-0.05, 0) is 48.6 Å². The number of ether oxygens (including phenoxy) is 3. The molecular weight excluding hydrogens is 476 g/mol. The third-order valence-electron chi connectivity index (χ3n) is 7.42. The first-order chi connectivity index (χ1) is 18.0. The number of methoxy groups -OCH3 is 1. The van der Waals surface area contributed by atoms with E-state index in [0.29, 0.717) is 42.5 Å². The predicted octanol–water partition coefficient (Wildman–Crippen LogP) is 2.45. The molecule has 3 aromatic rings. The maximum Gasteiger partial charge on any atom is 0.416 e. The van der Waals surface area contributed by atoms with Crippen molar-refractivity contribution in [1.82, 2.24) is 14.9 Å². The van der Waals surface area contributed by atoms with Crippen LogP contribution in [0.2, 0.25) is 0 Å². The molecule has 6 rings (SSSR count). The number of benzene rings is 1. The van der Waals surface area contributed by atoms with Crippen molar-refractivity contribution in [1.29, 1.82) is 0 Å². The minimum Gasteiger partial charge on any atom is -0.497 e. The number of hydrogen-bond acceptors (Lipinski definition) is 8. The first-order valence-corrected chi connectivity index (χ1v) is 12.6. The van der Waals surface area contributed by atoms with Crippen LogP contribution < -0.4 is 25.2 Å². The monoisotopic (exact) mass is 504 g/mol. The van der Waals surface area contributed by atoms with Gasteiger partial charge in [-0.2, -0.15) is 0 Å². The van der Waals surface area contributed by atoms with E-state index in [0.717, 1.165) is 23.7 Å². The van der Waals surface area contributed by atoms with Crippen LogP contribution in [0, 0.1) is 0 Å². The van der Waals surface area contributed by atoms with E-state index >= 15 is 0 Å². The lowest BCUT2D eigenvalue weighted by Gasteiger charge is -2.33. The zero-order valence-electron chi connectivity index (χ0n) is 20.5. The second-order valence-electron chi connectivity index (χ2n) is 9.69. The molecule has 1 saturated heterocycles. The number of ketones is 1. The molecule has 1 amide bonds. The lowest BCUT2D eigenvalue weighted by atomic mass is 9.88. The summed E-state index contributed by atoms with van der Waals surface area (Å²) in [6.45, 7) is 1.18. The Morgan fingerprint density at radius 2 is 1.97 bits per heavy atom. The van der Waals surface area contributed by atoms with Gasteiger partial charge in [-0.15, -0.1) is 0 Å². The molecule has 10 nitrogen and oxygen atoms in total. The Morgan fingerprint density at radius 3 is 2.84 bits per heavy atom. The molecule has 1 N–H and O–H groups in total. The molecule has 37 heavy (non-hydrogen) atoms. The van der Waals surface area contributed by atoms with Crippen LogP contribution in [0.1, 0.15) is 25.0 Å². The van der Waals surface area contributed by atoms with Gasteiger partial charge in [0.05, 0.1) is 30.8 Å².